The van der Waals surface area contributed by atoms with Crippen molar-refractivity contribution in [1.29, 1.82) is 0 Å². The zero-order chi connectivity index (χ0) is 11.4. The van der Waals surface area contributed by atoms with Gasteiger partial charge in [0, 0.05) is 5.75 Å². The maximum Gasteiger partial charge on any atom is 0.111 e. The van der Waals surface area contributed by atoms with E-state index in [4.69, 9.17) is 9.47 Å². The summed E-state index contributed by atoms with van der Waals surface area (Å²) < 4.78 is 10.5. The molecule has 90 valence electrons. The van der Waals surface area contributed by atoms with E-state index in [0.29, 0.717) is 12.4 Å². The van der Waals surface area contributed by atoms with Crippen molar-refractivity contribution in [3.05, 3.63) is 0 Å². The van der Waals surface area contributed by atoms with Crippen LogP contribution in [0.5, 0.6) is 0 Å². The molecule has 0 aliphatic carbocycles. The lowest BCUT2D eigenvalue weighted by atomic mass is 9.96. The Morgan fingerprint density at radius 2 is 1.87 bits per heavy atom. The predicted octanol–water partition coefficient (Wildman–Crippen LogP) is -1.20. The lowest BCUT2D eigenvalue weighted by Crippen LogP contribution is -2.57. The van der Waals surface area contributed by atoms with Crippen LogP contribution in [0.4, 0.5) is 0 Å². The molecule has 1 aliphatic heterocycles. The molecule has 1 aliphatic rings. The molecule has 0 spiro atoms. The molecule has 1 heterocycles. The molecule has 15 heavy (non-hydrogen) atoms. The average Bonchev–Trinajstić information content (AvgIpc) is 2.23. The highest BCUT2D eigenvalue weighted by molar-refractivity contribution is 7.80. The second kappa shape index (κ2) is 6.03. The van der Waals surface area contributed by atoms with Crippen LogP contribution in [0.3, 0.4) is 0 Å². The highest BCUT2D eigenvalue weighted by Gasteiger charge is 2.41. The Kier molecular flexibility index (Phi) is 5.31. The molecule has 1 fully saturated rings. The molecule has 1 saturated heterocycles. The minimum absolute atomic E-state index is 0.190. The smallest absolute Gasteiger partial charge is 0.111 e. The van der Waals surface area contributed by atoms with Gasteiger partial charge in [-0.2, -0.15) is 12.6 Å². The summed E-state index contributed by atoms with van der Waals surface area (Å²) in [5.41, 5.74) is 0. The van der Waals surface area contributed by atoms with E-state index in [-0.39, 0.29) is 6.61 Å². The molecule has 0 radical (unpaired) electrons. The van der Waals surface area contributed by atoms with Crippen LogP contribution in [0, 0.1) is 0 Å². The Morgan fingerprint density at radius 1 is 1.20 bits per heavy atom. The van der Waals surface area contributed by atoms with E-state index < -0.39 is 30.5 Å². The van der Waals surface area contributed by atoms with Gasteiger partial charge in [-0.05, 0) is 6.92 Å². The lowest BCUT2D eigenvalue weighted by molar-refractivity contribution is -0.227. The summed E-state index contributed by atoms with van der Waals surface area (Å²) in [6, 6.07) is 0. The van der Waals surface area contributed by atoms with Crippen LogP contribution in [0.25, 0.3) is 0 Å². The first kappa shape index (κ1) is 13.2. The van der Waals surface area contributed by atoms with Crippen molar-refractivity contribution in [3.63, 3.8) is 0 Å². The van der Waals surface area contributed by atoms with Gasteiger partial charge in [0.15, 0.2) is 0 Å². The quantitative estimate of drug-likeness (QED) is 0.366. The zero-order valence-electron chi connectivity index (χ0n) is 8.61. The van der Waals surface area contributed by atoms with Gasteiger partial charge in [-0.25, -0.2) is 0 Å². The molecule has 5 unspecified atom stereocenters. The molecule has 0 aromatic heterocycles. The fourth-order valence-corrected chi connectivity index (χ4v) is 1.67. The summed E-state index contributed by atoms with van der Waals surface area (Å²) in [6.07, 6.45) is -4.46. The number of hydrogen-bond donors (Lipinski definition) is 4. The van der Waals surface area contributed by atoms with Gasteiger partial charge < -0.3 is 24.8 Å². The van der Waals surface area contributed by atoms with E-state index in [1.54, 1.807) is 6.92 Å². The van der Waals surface area contributed by atoms with Gasteiger partial charge in [0.25, 0.3) is 0 Å². The van der Waals surface area contributed by atoms with Gasteiger partial charge in [0.05, 0.1) is 19.3 Å². The van der Waals surface area contributed by atoms with Crippen LogP contribution >= 0.6 is 12.6 Å². The first-order valence-corrected chi connectivity index (χ1v) is 5.59. The number of hydrogen-bond acceptors (Lipinski definition) is 6. The normalized spacial score (nSPS) is 41.8. The van der Waals surface area contributed by atoms with Gasteiger partial charge in [-0.1, -0.05) is 0 Å². The van der Waals surface area contributed by atoms with Gasteiger partial charge in [-0.15, -0.1) is 0 Å². The molecular weight excluding hydrogens is 220 g/mol. The Hall–Kier alpha value is 0.150. The van der Waals surface area contributed by atoms with Crippen molar-refractivity contribution in [2.24, 2.45) is 0 Å². The minimum atomic E-state index is -1.18. The Labute approximate surface area is 94.4 Å². The van der Waals surface area contributed by atoms with Crippen molar-refractivity contribution in [3.8, 4) is 0 Å². The third-order valence-electron chi connectivity index (χ3n) is 2.47. The van der Waals surface area contributed by atoms with Gasteiger partial charge >= 0.3 is 0 Å². The molecule has 0 amide bonds. The third-order valence-corrected chi connectivity index (χ3v) is 2.65. The minimum Gasteiger partial charge on any atom is -0.388 e. The molecule has 1 rings (SSSR count). The monoisotopic (exact) mass is 238 g/mol. The van der Waals surface area contributed by atoms with E-state index in [2.05, 4.69) is 12.6 Å². The SMILES string of the molecule is CC1OC(COCCS)C(O)C(O)C1O. The van der Waals surface area contributed by atoms with Crippen LogP contribution in [-0.4, -0.2) is 64.8 Å². The van der Waals surface area contributed by atoms with Crippen LogP contribution in [0.15, 0.2) is 0 Å². The number of rotatable bonds is 4. The van der Waals surface area contributed by atoms with Crippen molar-refractivity contribution in [2.75, 3.05) is 19.0 Å². The molecule has 0 aromatic carbocycles. The fraction of sp³-hybridized carbons (Fsp3) is 1.00. The predicted molar refractivity (Wildman–Crippen MR) is 57.0 cm³/mol. The van der Waals surface area contributed by atoms with Crippen molar-refractivity contribution in [2.45, 2.75) is 37.4 Å². The summed E-state index contributed by atoms with van der Waals surface area (Å²) in [6.45, 7) is 2.30. The van der Waals surface area contributed by atoms with Crippen molar-refractivity contribution < 1.29 is 24.8 Å². The number of aliphatic hydroxyl groups is 3. The molecule has 6 heteroatoms. The largest absolute Gasteiger partial charge is 0.388 e. The summed E-state index contributed by atoms with van der Waals surface area (Å²) >= 11 is 3.97. The number of thiol groups is 1. The lowest BCUT2D eigenvalue weighted by Gasteiger charge is -2.39. The van der Waals surface area contributed by atoms with Crippen LogP contribution in [0.1, 0.15) is 6.92 Å². The second-order valence-electron chi connectivity index (χ2n) is 3.65. The maximum atomic E-state index is 9.59. The second-order valence-corrected chi connectivity index (χ2v) is 4.10. The molecular formula is C9H18O5S. The molecule has 5 nitrogen and oxygen atoms in total. The van der Waals surface area contributed by atoms with E-state index >= 15 is 0 Å². The highest BCUT2D eigenvalue weighted by atomic mass is 32.1. The maximum absolute atomic E-state index is 9.59. The Morgan fingerprint density at radius 3 is 2.47 bits per heavy atom. The molecule has 5 atom stereocenters. The van der Waals surface area contributed by atoms with Crippen molar-refractivity contribution in [1.82, 2.24) is 0 Å². The summed E-state index contributed by atoms with van der Waals surface area (Å²) in [7, 11) is 0. The van der Waals surface area contributed by atoms with E-state index in [1.807, 2.05) is 0 Å². The highest BCUT2D eigenvalue weighted by Crippen LogP contribution is 2.20. The number of ether oxygens (including phenoxy) is 2. The van der Waals surface area contributed by atoms with Crippen LogP contribution in [-0.2, 0) is 9.47 Å². The van der Waals surface area contributed by atoms with Gasteiger partial charge in [0.1, 0.15) is 24.4 Å². The van der Waals surface area contributed by atoms with Gasteiger partial charge in [0.2, 0.25) is 0 Å². The van der Waals surface area contributed by atoms with Gasteiger partial charge in [-0.3, -0.25) is 0 Å². The third kappa shape index (κ3) is 3.30. The van der Waals surface area contributed by atoms with E-state index in [9.17, 15) is 15.3 Å². The standard InChI is InChI=1S/C9H18O5S/c1-5-7(10)9(12)8(11)6(14-5)4-13-2-3-15/h5-12,15H,2-4H2,1H3. The topological polar surface area (TPSA) is 79.2 Å². The summed E-state index contributed by atoms with van der Waals surface area (Å²) in [5, 5.41) is 28.5. The van der Waals surface area contributed by atoms with Crippen LogP contribution < -0.4 is 0 Å². The average molecular weight is 238 g/mol. The molecule has 3 N–H and O–H groups in total. The molecule has 0 saturated carbocycles. The van der Waals surface area contributed by atoms with Crippen LogP contribution in [0.2, 0.25) is 0 Å². The zero-order valence-corrected chi connectivity index (χ0v) is 9.51. The van der Waals surface area contributed by atoms with Crippen molar-refractivity contribution >= 4 is 12.6 Å². The Balaban J connectivity index is 2.43. The first-order chi connectivity index (χ1) is 7.07. The summed E-state index contributed by atoms with van der Waals surface area (Å²) in [5.74, 6) is 0.587. The summed E-state index contributed by atoms with van der Waals surface area (Å²) in [4.78, 5) is 0. The molecule has 0 bridgehead atoms. The Bertz CT molecular complexity index is 191. The fourth-order valence-electron chi connectivity index (χ4n) is 1.54. The van der Waals surface area contributed by atoms with E-state index in [1.165, 1.54) is 0 Å². The molecule has 0 aromatic rings. The first-order valence-electron chi connectivity index (χ1n) is 4.96. The van der Waals surface area contributed by atoms with E-state index in [0.717, 1.165) is 0 Å². The number of aliphatic hydroxyl groups excluding tert-OH is 3.